The highest BCUT2D eigenvalue weighted by atomic mass is 35.5. The maximum absolute atomic E-state index is 12.0. The van der Waals surface area contributed by atoms with Crippen LogP contribution in [0.2, 0.25) is 5.02 Å². The molecule has 0 atom stereocenters. The van der Waals surface area contributed by atoms with Crippen molar-refractivity contribution in [3.63, 3.8) is 0 Å². The van der Waals surface area contributed by atoms with E-state index in [0.29, 0.717) is 22.9 Å². The molecule has 20 heavy (non-hydrogen) atoms. The Kier molecular flexibility index (Phi) is 4.93. The fourth-order valence-electron chi connectivity index (χ4n) is 1.65. The van der Waals surface area contributed by atoms with Crippen LogP contribution in [0.3, 0.4) is 0 Å². The Morgan fingerprint density at radius 3 is 2.70 bits per heavy atom. The van der Waals surface area contributed by atoms with Crippen LogP contribution >= 0.6 is 23.4 Å². The number of hydrogen-bond acceptors (Lipinski definition) is 4. The summed E-state index contributed by atoms with van der Waals surface area (Å²) in [6.45, 7) is 2.09. The quantitative estimate of drug-likeness (QED) is 0.677. The molecule has 0 spiro atoms. The number of nitrogen functional groups attached to an aromatic ring is 1. The van der Waals surface area contributed by atoms with Gasteiger partial charge in [-0.3, -0.25) is 0 Å². The second-order valence-electron chi connectivity index (χ2n) is 4.01. The summed E-state index contributed by atoms with van der Waals surface area (Å²) in [6, 6.07) is 12.6. The number of halogens is 1. The third-order valence-corrected chi connectivity index (χ3v) is 4.15. The lowest BCUT2D eigenvalue weighted by atomic mass is 10.2. The minimum Gasteiger partial charge on any atom is -0.462 e. The zero-order chi connectivity index (χ0) is 14.5. The number of carbonyl (C=O) groups excluding carboxylic acids is 1. The van der Waals surface area contributed by atoms with Crippen molar-refractivity contribution in [3.8, 4) is 0 Å². The van der Waals surface area contributed by atoms with Gasteiger partial charge in [0.25, 0.3) is 0 Å². The fraction of sp³-hybridized carbons (Fsp3) is 0.133. The maximum Gasteiger partial charge on any atom is 0.339 e. The summed E-state index contributed by atoms with van der Waals surface area (Å²) in [5.41, 5.74) is 6.72. The molecule has 2 N–H and O–H groups in total. The molecule has 0 aliphatic heterocycles. The van der Waals surface area contributed by atoms with E-state index in [1.807, 2.05) is 24.3 Å². The molecule has 104 valence electrons. The van der Waals surface area contributed by atoms with Gasteiger partial charge in [0.05, 0.1) is 17.2 Å². The third kappa shape index (κ3) is 3.46. The van der Waals surface area contributed by atoms with Crippen LogP contribution in [0.1, 0.15) is 17.3 Å². The third-order valence-electron chi connectivity index (χ3n) is 2.56. The van der Waals surface area contributed by atoms with Gasteiger partial charge in [0, 0.05) is 15.5 Å². The molecule has 0 unspecified atom stereocenters. The molecule has 0 amide bonds. The largest absolute Gasteiger partial charge is 0.462 e. The van der Waals surface area contributed by atoms with Gasteiger partial charge in [0.1, 0.15) is 0 Å². The molecule has 0 bridgehead atoms. The van der Waals surface area contributed by atoms with Gasteiger partial charge in [-0.25, -0.2) is 4.79 Å². The fourth-order valence-corrected chi connectivity index (χ4v) is 2.84. The molecule has 0 aliphatic carbocycles. The smallest absolute Gasteiger partial charge is 0.339 e. The van der Waals surface area contributed by atoms with Crippen LogP contribution in [0.25, 0.3) is 0 Å². The molecule has 3 nitrogen and oxygen atoms in total. The van der Waals surface area contributed by atoms with Crippen molar-refractivity contribution < 1.29 is 9.53 Å². The van der Waals surface area contributed by atoms with E-state index in [9.17, 15) is 4.79 Å². The van der Waals surface area contributed by atoms with Gasteiger partial charge < -0.3 is 10.5 Å². The molecule has 0 saturated heterocycles. The van der Waals surface area contributed by atoms with Gasteiger partial charge >= 0.3 is 5.97 Å². The Labute approximate surface area is 127 Å². The van der Waals surface area contributed by atoms with Crippen molar-refractivity contribution in [2.45, 2.75) is 16.7 Å². The van der Waals surface area contributed by atoms with Gasteiger partial charge in [-0.15, -0.1) is 0 Å². The van der Waals surface area contributed by atoms with Crippen molar-refractivity contribution in [3.05, 3.63) is 53.1 Å². The van der Waals surface area contributed by atoms with Crippen LogP contribution in [-0.4, -0.2) is 12.6 Å². The predicted octanol–water partition coefficient (Wildman–Crippen LogP) is 4.25. The van der Waals surface area contributed by atoms with Crippen molar-refractivity contribution >= 4 is 35.0 Å². The second kappa shape index (κ2) is 6.68. The Morgan fingerprint density at radius 2 is 2.00 bits per heavy atom. The van der Waals surface area contributed by atoms with Crippen LogP contribution in [0.15, 0.2) is 52.3 Å². The number of anilines is 1. The average Bonchev–Trinajstić information content (AvgIpc) is 2.43. The molecule has 0 fully saturated rings. The first-order valence-electron chi connectivity index (χ1n) is 6.11. The molecule has 0 aromatic heterocycles. The van der Waals surface area contributed by atoms with E-state index in [-0.39, 0.29) is 5.97 Å². The van der Waals surface area contributed by atoms with Crippen LogP contribution in [0.4, 0.5) is 5.69 Å². The molecule has 0 radical (unpaired) electrons. The highest BCUT2D eigenvalue weighted by Crippen LogP contribution is 2.35. The van der Waals surface area contributed by atoms with E-state index in [1.54, 1.807) is 25.1 Å². The van der Waals surface area contributed by atoms with E-state index in [4.69, 9.17) is 22.1 Å². The number of esters is 1. The Hall–Kier alpha value is -1.65. The highest BCUT2D eigenvalue weighted by molar-refractivity contribution is 7.99. The van der Waals surface area contributed by atoms with Gasteiger partial charge in [0.2, 0.25) is 0 Å². The van der Waals surface area contributed by atoms with Gasteiger partial charge in [-0.05, 0) is 37.3 Å². The standard InChI is InChI=1S/C15H14ClNO2S/c1-2-19-15(18)11-9-10(17)7-8-13(11)20-14-6-4-3-5-12(14)16/h3-9H,2,17H2,1H3. The molecule has 0 aliphatic rings. The average molecular weight is 308 g/mol. The topological polar surface area (TPSA) is 52.3 Å². The number of ether oxygens (including phenoxy) is 1. The van der Waals surface area contributed by atoms with Crippen LogP contribution in [-0.2, 0) is 4.74 Å². The van der Waals surface area contributed by atoms with Crippen LogP contribution in [0, 0.1) is 0 Å². The highest BCUT2D eigenvalue weighted by Gasteiger charge is 2.15. The van der Waals surface area contributed by atoms with E-state index < -0.39 is 0 Å². The van der Waals surface area contributed by atoms with Crippen LogP contribution in [0.5, 0.6) is 0 Å². The van der Waals surface area contributed by atoms with Crippen molar-refractivity contribution in [1.29, 1.82) is 0 Å². The Bertz CT molecular complexity index is 631. The van der Waals surface area contributed by atoms with E-state index in [0.717, 1.165) is 9.79 Å². The summed E-state index contributed by atoms with van der Waals surface area (Å²) < 4.78 is 5.05. The SMILES string of the molecule is CCOC(=O)c1cc(N)ccc1Sc1ccccc1Cl. The minimum absolute atomic E-state index is 0.323. The van der Waals surface area contributed by atoms with Gasteiger partial charge in [-0.2, -0.15) is 0 Å². The van der Waals surface area contributed by atoms with Crippen LogP contribution < -0.4 is 5.73 Å². The van der Waals surface area contributed by atoms with Gasteiger partial charge in [0.15, 0.2) is 0 Å². The lowest BCUT2D eigenvalue weighted by Gasteiger charge is -2.10. The molecule has 0 saturated carbocycles. The zero-order valence-corrected chi connectivity index (χ0v) is 12.5. The molecule has 2 aromatic rings. The first kappa shape index (κ1) is 14.8. The van der Waals surface area contributed by atoms with E-state index >= 15 is 0 Å². The summed E-state index contributed by atoms with van der Waals surface area (Å²) >= 11 is 7.55. The molecule has 2 rings (SSSR count). The summed E-state index contributed by atoms with van der Waals surface area (Å²) in [5, 5.41) is 0.643. The van der Waals surface area contributed by atoms with E-state index in [1.165, 1.54) is 11.8 Å². The number of rotatable bonds is 4. The first-order valence-corrected chi connectivity index (χ1v) is 7.30. The first-order chi connectivity index (χ1) is 9.61. The minimum atomic E-state index is -0.380. The summed E-state index contributed by atoms with van der Waals surface area (Å²) in [4.78, 5) is 13.6. The molecular weight excluding hydrogens is 294 g/mol. The Balaban J connectivity index is 2.36. The molecule has 0 heterocycles. The summed E-state index contributed by atoms with van der Waals surface area (Å²) in [6.07, 6.45) is 0. The lowest BCUT2D eigenvalue weighted by molar-refractivity contribution is 0.0522. The predicted molar refractivity (Wildman–Crippen MR) is 82.4 cm³/mol. The number of carbonyl (C=O) groups is 1. The monoisotopic (exact) mass is 307 g/mol. The molecule has 5 heteroatoms. The second-order valence-corrected chi connectivity index (χ2v) is 5.50. The van der Waals surface area contributed by atoms with Gasteiger partial charge in [-0.1, -0.05) is 35.5 Å². The number of nitrogens with two attached hydrogens (primary N) is 1. The summed E-state index contributed by atoms with van der Waals surface area (Å²) in [7, 11) is 0. The summed E-state index contributed by atoms with van der Waals surface area (Å²) in [5.74, 6) is -0.380. The zero-order valence-electron chi connectivity index (χ0n) is 10.9. The molecular formula is C15H14ClNO2S. The van der Waals surface area contributed by atoms with Crippen molar-refractivity contribution in [2.75, 3.05) is 12.3 Å². The van der Waals surface area contributed by atoms with Crippen molar-refractivity contribution in [1.82, 2.24) is 0 Å². The number of hydrogen-bond donors (Lipinski definition) is 1. The van der Waals surface area contributed by atoms with E-state index in [2.05, 4.69) is 0 Å². The lowest BCUT2D eigenvalue weighted by Crippen LogP contribution is -2.06. The Morgan fingerprint density at radius 1 is 1.25 bits per heavy atom. The normalized spacial score (nSPS) is 10.3. The van der Waals surface area contributed by atoms with Crippen molar-refractivity contribution in [2.24, 2.45) is 0 Å². The molecule has 2 aromatic carbocycles. The number of benzene rings is 2. The maximum atomic E-state index is 12.0.